The lowest BCUT2D eigenvalue weighted by Crippen LogP contribution is -2.37. The molecule has 0 aliphatic carbocycles. The molecule has 2 aromatic rings. The number of hydrogen-bond donors (Lipinski definition) is 1. The van der Waals surface area contributed by atoms with Crippen molar-refractivity contribution < 1.29 is 23.1 Å². The first-order chi connectivity index (χ1) is 11.0. The normalized spacial score (nSPS) is 16.0. The molecule has 23 heavy (non-hydrogen) atoms. The van der Waals surface area contributed by atoms with E-state index in [0.717, 1.165) is 0 Å². The Morgan fingerprint density at radius 1 is 1.35 bits per heavy atom. The van der Waals surface area contributed by atoms with Gasteiger partial charge in [0.25, 0.3) is 6.43 Å². The number of aromatic nitrogens is 2. The summed E-state index contributed by atoms with van der Waals surface area (Å²) in [6.07, 6.45) is -0.402. The Labute approximate surface area is 130 Å². The van der Waals surface area contributed by atoms with Crippen molar-refractivity contribution in [3.05, 3.63) is 30.2 Å². The summed E-state index contributed by atoms with van der Waals surface area (Å²) in [5.41, 5.74) is -0.0857. The minimum Gasteiger partial charge on any atom is -0.481 e. The minimum atomic E-state index is -2.72. The molecule has 6 nitrogen and oxygen atoms in total. The number of nitrogens with zero attached hydrogens (tertiary/aromatic N) is 3. The molecule has 1 saturated heterocycles. The third-order valence-corrected chi connectivity index (χ3v) is 3.86. The minimum absolute atomic E-state index is 0.179. The Hall–Kier alpha value is -2.51. The lowest BCUT2D eigenvalue weighted by atomic mass is 9.97. The van der Waals surface area contributed by atoms with Crippen LogP contribution < -0.4 is 4.90 Å². The highest BCUT2D eigenvalue weighted by Crippen LogP contribution is 2.28. The molecule has 122 valence electrons. The van der Waals surface area contributed by atoms with E-state index in [1.54, 1.807) is 17.0 Å². The van der Waals surface area contributed by atoms with Gasteiger partial charge in [0.1, 0.15) is 11.4 Å². The second kappa shape index (κ2) is 6.31. The number of hydrogen-bond acceptors (Lipinski definition) is 5. The van der Waals surface area contributed by atoms with Gasteiger partial charge in [-0.25, -0.2) is 18.7 Å². The Kier molecular flexibility index (Phi) is 4.22. The Balaban J connectivity index is 1.88. The van der Waals surface area contributed by atoms with E-state index in [0.29, 0.717) is 31.7 Å². The number of carboxylic acid groups (broad SMARTS) is 1. The molecular formula is C15H15F2N3O3. The van der Waals surface area contributed by atoms with Crippen LogP contribution in [0.4, 0.5) is 14.7 Å². The van der Waals surface area contributed by atoms with Crippen molar-refractivity contribution >= 4 is 11.9 Å². The molecule has 0 spiro atoms. The first-order valence-electron chi connectivity index (χ1n) is 7.23. The van der Waals surface area contributed by atoms with Gasteiger partial charge in [-0.2, -0.15) is 0 Å². The molecule has 1 N–H and O–H groups in total. The number of rotatable bonds is 4. The maximum atomic E-state index is 13.1. The summed E-state index contributed by atoms with van der Waals surface area (Å²) in [5.74, 6) is -0.675. The summed E-state index contributed by atoms with van der Waals surface area (Å²) in [7, 11) is 0. The van der Waals surface area contributed by atoms with Gasteiger partial charge in [0, 0.05) is 13.1 Å². The third-order valence-electron chi connectivity index (χ3n) is 3.86. The van der Waals surface area contributed by atoms with Gasteiger partial charge < -0.3 is 14.4 Å². The fourth-order valence-corrected chi connectivity index (χ4v) is 2.58. The van der Waals surface area contributed by atoms with E-state index < -0.39 is 18.3 Å². The molecule has 8 heteroatoms. The van der Waals surface area contributed by atoms with E-state index in [1.807, 2.05) is 0 Å². The maximum absolute atomic E-state index is 13.1. The summed E-state index contributed by atoms with van der Waals surface area (Å²) in [4.78, 5) is 20.9. The van der Waals surface area contributed by atoms with Crippen LogP contribution in [0.1, 0.15) is 25.0 Å². The summed E-state index contributed by atoms with van der Waals surface area (Å²) in [6, 6.07) is 4.49. The van der Waals surface area contributed by atoms with Gasteiger partial charge in [-0.3, -0.25) is 4.79 Å². The molecule has 0 saturated carbocycles. The summed E-state index contributed by atoms with van der Waals surface area (Å²) in [6.45, 7) is 0.836. The van der Waals surface area contributed by atoms with Gasteiger partial charge in [0.15, 0.2) is 5.76 Å². The fourth-order valence-electron chi connectivity index (χ4n) is 2.58. The average molecular weight is 323 g/mol. The van der Waals surface area contributed by atoms with Crippen LogP contribution in [0.15, 0.2) is 28.9 Å². The number of anilines is 1. The van der Waals surface area contributed by atoms with E-state index >= 15 is 0 Å². The number of piperidine rings is 1. The zero-order valence-electron chi connectivity index (χ0n) is 12.2. The van der Waals surface area contributed by atoms with Crippen LogP contribution in [0.2, 0.25) is 0 Å². The Morgan fingerprint density at radius 2 is 2.09 bits per heavy atom. The third kappa shape index (κ3) is 3.30. The largest absolute Gasteiger partial charge is 0.481 e. The van der Waals surface area contributed by atoms with Crippen molar-refractivity contribution in [2.45, 2.75) is 19.3 Å². The topological polar surface area (TPSA) is 79.5 Å². The van der Waals surface area contributed by atoms with Crippen molar-refractivity contribution in [3.63, 3.8) is 0 Å². The molecule has 1 fully saturated rings. The summed E-state index contributed by atoms with van der Waals surface area (Å²) < 4.78 is 31.4. The number of furan rings is 1. The predicted octanol–water partition coefficient (Wildman–Crippen LogP) is 2.98. The molecule has 0 amide bonds. The van der Waals surface area contributed by atoms with Crippen molar-refractivity contribution in [1.82, 2.24) is 9.97 Å². The van der Waals surface area contributed by atoms with Crippen molar-refractivity contribution in [2.24, 2.45) is 5.92 Å². The van der Waals surface area contributed by atoms with Crippen LogP contribution in [0, 0.1) is 5.92 Å². The molecule has 0 unspecified atom stereocenters. The van der Waals surface area contributed by atoms with E-state index in [2.05, 4.69) is 9.97 Å². The van der Waals surface area contributed by atoms with E-state index in [4.69, 9.17) is 9.52 Å². The molecule has 1 aliphatic rings. The number of carbonyl (C=O) groups is 1. The number of alkyl halides is 2. The van der Waals surface area contributed by atoms with Crippen LogP contribution in [0.5, 0.6) is 0 Å². The van der Waals surface area contributed by atoms with Crippen LogP contribution in [-0.4, -0.2) is 34.1 Å². The first kappa shape index (κ1) is 15.4. The van der Waals surface area contributed by atoms with E-state index in [9.17, 15) is 13.6 Å². The van der Waals surface area contributed by atoms with Gasteiger partial charge >= 0.3 is 5.97 Å². The smallest absolute Gasteiger partial charge is 0.306 e. The van der Waals surface area contributed by atoms with Gasteiger partial charge in [0.05, 0.1) is 12.2 Å². The van der Waals surface area contributed by atoms with Crippen LogP contribution >= 0.6 is 0 Å². The van der Waals surface area contributed by atoms with Gasteiger partial charge in [-0.1, -0.05) is 0 Å². The predicted molar refractivity (Wildman–Crippen MR) is 77.3 cm³/mol. The first-order valence-corrected chi connectivity index (χ1v) is 7.23. The number of aliphatic carboxylic acids is 1. The molecule has 3 heterocycles. The van der Waals surface area contributed by atoms with Crippen molar-refractivity contribution in [1.29, 1.82) is 0 Å². The second-order valence-electron chi connectivity index (χ2n) is 5.36. The zero-order chi connectivity index (χ0) is 16.4. The SMILES string of the molecule is O=C(O)C1CCN(c2nc(-c3ccco3)cc(C(F)F)n2)CC1. The van der Waals surface area contributed by atoms with Gasteiger partial charge in [-0.05, 0) is 31.0 Å². The van der Waals surface area contributed by atoms with Crippen molar-refractivity contribution in [3.8, 4) is 11.5 Å². The van der Waals surface area contributed by atoms with Crippen LogP contribution in [0.3, 0.4) is 0 Å². The highest BCUT2D eigenvalue weighted by molar-refractivity contribution is 5.70. The zero-order valence-corrected chi connectivity index (χ0v) is 12.2. The Bertz CT molecular complexity index is 683. The summed E-state index contributed by atoms with van der Waals surface area (Å²) in [5, 5.41) is 9.02. The molecule has 2 aromatic heterocycles. The lowest BCUT2D eigenvalue weighted by molar-refractivity contribution is -0.142. The van der Waals surface area contributed by atoms with Crippen LogP contribution in [-0.2, 0) is 4.79 Å². The molecule has 0 radical (unpaired) electrons. The maximum Gasteiger partial charge on any atom is 0.306 e. The average Bonchev–Trinajstić information content (AvgIpc) is 3.09. The monoisotopic (exact) mass is 323 g/mol. The van der Waals surface area contributed by atoms with Crippen molar-refractivity contribution in [2.75, 3.05) is 18.0 Å². The highest BCUT2D eigenvalue weighted by Gasteiger charge is 2.27. The number of halogens is 2. The second-order valence-corrected chi connectivity index (χ2v) is 5.36. The van der Waals surface area contributed by atoms with Gasteiger partial charge in [-0.15, -0.1) is 0 Å². The highest BCUT2D eigenvalue weighted by atomic mass is 19.3. The Morgan fingerprint density at radius 3 is 2.65 bits per heavy atom. The molecule has 3 rings (SSSR count). The standard InChI is InChI=1S/C15H15F2N3O3/c16-13(17)11-8-10(12-2-1-7-23-12)18-15(19-11)20-5-3-9(4-6-20)14(21)22/h1-2,7-9,13H,3-6H2,(H,21,22). The molecular weight excluding hydrogens is 308 g/mol. The summed E-state index contributed by atoms with van der Waals surface area (Å²) >= 11 is 0. The molecule has 0 atom stereocenters. The fraction of sp³-hybridized carbons (Fsp3) is 0.400. The number of carboxylic acids is 1. The molecule has 0 aromatic carbocycles. The van der Waals surface area contributed by atoms with E-state index in [1.165, 1.54) is 12.3 Å². The van der Waals surface area contributed by atoms with Crippen LogP contribution in [0.25, 0.3) is 11.5 Å². The lowest BCUT2D eigenvalue weighted by Gasteiger charge is -2.30. The van der Waals surface area contributed by atoms with E-state index in [-0.39, 0.29) is 17.3 Å². The molecule has 0 bridgehead atoms. The van der Waals surface area contributed by atoms with Gasteiger partial charge in [0.2, 0.25) is 5.95 Å². The molecule has 1 aliphatic heterocycles. The quantitative estimate of drug-likeness (QED) is 0.932.